The van der Waals surface area contributed by atoms with Crippen LogP contribution in [-0.4, -0.2) is 85.8 Å². The van der Waals surface area contributed by atoms with Gasteiger partial charge in [0.05, 0.1) is 0 Å². The molecule has 0 spiro atoms. The Labute approximate surface area is 118 Å². The van der Waals surface area contributed by atoms with Crippen molar-refractivity contribution in [2.45, 2.75) is 25.7 Å². The van der Waals surface area contributed by atoms with Crippen LogP contribution in [0, 0.1) is 5.92 Å². The third-order valence-corrected chi connectivity index (χ3v) is 5.09. The molecule has 0 saturated carbocycles. The van der Waals surface area contributed by atoms with Crippen molar-refractivity contribution < 1.29 is 0 Å². The monoisotopic (exact) mass is 266 g/mol. The summed E-state index contributed by atoms with van der Waals surface area (Å²) in [6.07, 6.45) is 5.64. The SMILES string of the molecule is CN1CCC(CN2CCN(N3CCCCC3)CC2)C1. The minimum atomic E-state index is 0.923. The lowest BCUT2D eigenvalue weighted by Crippen LogP contribution is -2.55. The lowest BCUT2D eigenvalue weighted by atomic mass is 10.1. The van der Waals surface area contributed by atoms with E-state index in [0.29, 0.717) is 0 Å². The van der Waals surface area contributed by atoms with Gasteiger partial charge in [0.15, 0.2) is 0 Å². The highest BCUT2D eigenvalue weighted by atomic mass is 15.6. The maximum Gasteiger partial charge on any atom is 0.0261 e. The number of piperidine rings is 1. The van der Waals surface area contributed by atoms with Gasteiger partial charge in [-0.05, 0) is 38.8 Å². The number of hydrogen-bond donors (Lipinski definition) is 0. The molecule has 0 aromatic heterocycles. The summed E-state index contributed by atoms with van der Waals surface area (Å²) in [5.41, 5.74) is 0. The van der Waals surface area contributed by atoms with Gasteiger partial charge in [-0.15, -0.1) is 0 Å². The Morgan fingerprint density at radius 2 is 1.47 bits per heavy atom. The smallest absolute Gasteiger partial charge is 0.0261 e. The predicted molar refractivity (Wildman–Crippen MR) is 79.0 cm³/mol. The Balaban J connectivity index is 1.39. The molecule has 0 aliphatic carbocycles. The second-order valence-electron chi connectivity index (χ2n) is 6.69. The Morgan fingerprint density at radius 1 is 0.789 bits per heavy atom. The second kappa shape index (κ2) is 6.53. The third-order valence-electron chi connectivity index (χ3n) is 5.09. The highest BCUT2D eigenvalue weighted by Crippen LogP contribution is 2.18. The first-order valence-electron chi connectivity index (χ1n) is 8.22. The summed E-state index contributed by atoms with van der Waals surface area (Å²) in [5, 5.41) is 5.24. The largest absolute Gasteiger partial charge is 0.306 e. The standard InChI is InChI=1S/C15H30N4/c1-16-8-5-15(13-16)14-17-9-11-19(12-10-17)18-6-3-2-4-7-18/h15H,2-14H2,1H3. The average molecular weight is 266 g/mol. The zero-order valence-electron chi connectivity index (χ0n) is 12.6. The first-order chi connectivity index (χ1) is 9.31. The summed E-state index contributed by atoms with van der Waals surface area (Å²) < 4.78 is 0. The maximum atomic E-state index is 2.70. The van der Waals surface area contributed by atoms with Gasteiger partial charge in [-0.3, -0.25) is 0 Å². The summed E-state index contributed by atoms with van der Waals surface area (Å²) in [5.74, 6) is 0.923. The first kappa shape index (κ1) is 13.8. The summed E-state index contributed by atoms with van der Waals surface area (Å²) in [4.78, 5) is 5.18. The highest BCUT2D eigenvalue weighted by Gasteiger charge is 2.26. The number of piperazine rings is 1. The van der Waals surface area contributed by atoms with Gasteiger partial charge in [0.25, 0.3) is 0 Å². The predicted octanol–water partition coefficient (Wildman–Crippen LogP) is 0.957. The molecule has 1 atom stereocenters. The van der Waals surface area contributed by atoms with Crippen LogP contribution in [0.25, 0.3) is 0 Å². The van der Waals surface area contributed by atoms with Gasteiger partial charge < -0.3 is 9.80 Å². The molecule has 3 aliphatic heterocycles. The van der Waals surface area contributed by atoms with Crippen molar-refractivity contribution in [1.29, 1.82) is 0 Å². The van der Waals surface area contributed by atoms with Crippen LogP contribution >= 0.6 is 0 Å². The third kappa shape index (κ3) is 3.69. The molecule has 0 aromatic carbocycles. The van der Waals surface area contributed by atoms with Crippen molar-refractivity contribution in [3.8, 4) is 0 Å². The van der Waals surface area contributed by atoms with E-state index in [-0.39, 0.29) is 0 Å². The van der Waals surface area contributed by atoms with Crippen LogP contribution in [0.1, 0.15) is 25.7 Å². The topological polar surface area (TPSA) is 13.0 Å². The molecule has 0 aromatic rings. The van der Waals surface area contributed by atoms with E-state index >= 15 is 0 Å². The van der Waals surface area contributed by atoms with Crippen LogP contribution in [-0.2, 0) is 0 Å². The molecule has 0 amide bonds. The molecule has 0 radical (unpaired) electrons. The minimum absolute atomic E-state index is 0.923. The van der Waals surface area contributed by atoms with Gasteiger partial charge >= 0.3 is 0 Å². The van der Waals surface area contributed by atoms with E-state index < -0.39 is 0 Å². The molecule has 3 fully saturated rings. The van der Waals surface area contributed by atoms with E-state index in [0.717, 1.165) is 5.92 Å². The molecule has 0 N–H and O–H groups in total. The van der Waals surface area contributed by atoms with Gasteiger partial charge in [-0.1, -0.05) is 6.42 Å². The van der Waals surface area contributed by atoms with Crippen LogP contribution in [0.2, 0.25) is 0 Å². The average Bonchev–Trinajstić information content (AvgIpc) is 2.86. The van der Waals surface area contributed by atoms with Gasteiger partial charge in [-0.2, -0.15) is 0 Å². The molecule has 3 heterocycles. The van der Waals surface area contributed by atoms with E-state index in [1.807, 2.05) is 0 Å². The second-order valence-corrected chi connectivity index (χ2v) is 6.69. The Bertz CT molecular complexity index is 269. The molecular weight excluding hydrogens is 236 g/mol. The molecule has 4 nitrogen and oxygen atoms in total. The van der Waals surface area contributed by atoms with Crippen molar-refractivity contribution >= 4 is 0 Å². The summed E-state index contributed by atoms with van der Waals surface area (Å²) in [6, 6.07) is 0. The van der Waals surface area contributed by atoms with E-state index in [1.54, 1.807) is 0 Å². The maximum absolute atomic E-state index is 2.70. The number of nitrogens with zero attached hydrogens (tertiary/aromatic N) is 4. The van der Waals surface area contributed by atoms with Crippen LogP contribution in [0.15, 0.2) is 0 Å². The highest BCUT2D eigenvalue weighted by molar-refractivity contribution is 4.79. The summed E-state index contributed by atoms with van der Waals surface area (Å²) in [7, 11) is 2.26. The van der Waals surface area contributed by atoms with Crippen molar-refractivity contribution in [3.05, 3.63) is 0 Å². The quantitative estimate of drug-likeness (QED) is 0.754. The van der Waals surface area contributed by atoms with E-state index in [1.165, 1.54) is 84.6 Å². The Hall–Kier alpha value is -0.160. The van der Waals surface area contributed by atoms with E-state index in [9.17, 15) is 0 Å². The number of hydrogen-bond acceptors (Lipinski definition) is 4. The van der Waals surface area contributed by atoms with Gasteiger partial charge in [0.2, 0.25) is 0 Å². The van der Waals surface area contributed by atoms with E-state index in [2.05, 4.69) is 26.9 Å². The normalized spacial score (nSPS) is 33.0. The number of likely N-dealkylation sites (tertiary alicyclic amines) is 1. The van der Waals surface area contributed by atoms with Crippen LogP contribution in [0.5, 0.6) is 0 Å². The van der Waals surface area contributed by atoms with Crippen LogP contribution in [0.3, 0.4) is 0 Å². The number of hydrazine groups is 1. The van der Waals surface area contributed by atoms with Crippen LogP contribution < -0.4 is 0 Å². The fourth-order valence-electron chi connectivity index (χ4n) is 3.90. The first-order valence-corrected chi connectivity index (χ1v) is 8.22. The molecule has 4 heteroatoms. The molecule has 3 rings (SSSR count). The molecule has 3 aliphatic rings. The van der Waals surface area contributed by atoms with Crippen LogP contribution in [0.4, 0.5) is 0 Å². The molecule has 110 valence electrons. The van der Waals surface area contributed by atoms with Crippen molar-refractivity contribution in [1.82, 2.24) is 19.8 Å². The Kier molecular flexibility index (Phi) is 4.74. The fraction of sp³-hybridized carbons (Fsp3) is 1.00. The van der Waals surface area contributed by atoms with Gasteiger partial charge in [0, 0.05) is 52.4 Å². The minimum Gasteiger partial charge on any atom is -0.306 e. The zero-order chi connectivity index (χ0) is 13.1. The summed E-state index contributed by atoms with van der Waals surface area (Å²) in [6.45, 7) is 11.6. The molecule has 3 saturated heterocycles. The molecular formula is C15H30N4. The molecule has 0 bridgehead atoms. The zero-order valence-corrected chi connectivity index (χ0v) is 12.6. The van der Waals surface area contributed by atoms with Crippen molar-refractivity contribution in [3.63, 3.8) is 0 Å². The molecule has 1 unspecified atom stereocenters. The van der Waals surface area contributed by atoms with Gasteiger partial charge in [-0.25, -0.2) is 10.0 Å². The van der Waals surface area contributed by atoms with Crippen molar-refractivity contribution in [2.75, 3.05) is 66.0 Å². The summed E-state index contributed by atoms with van der Waals surface area (Å²) >= 11 is 0. The Morgan fingerprint density at radius 3 is 2.11 bits per heavy atom. The lowest BCUT2D eigenvalue weighted by molar-refractivity contribution is -0.0695. The number of rotatable bonds is 3. The fourth-order valence-corrected chi connectivity index (χ4v) is 3.90. The molecule has 19 heavy (non-hydrogen) atoms. The lowest BCUT2D eigenvalue weighted by Gasteiger charge is -2.43. The van der Waals surface area contributed by atoms with Crippen molar-refractivity contribution in [2.24, 2.45) is 5.92 Å². The van der Waals surface area contributed by atoms with E-state index in [4.69, 9.17) is 0 Å². The van der Waals surface area contributed by atoms with Gasteiger partial charge in [0.1, 0.15) is 0 Å².